The molecule has 15 heteroatoms. The lowest BCUT2D eigenvalue weighted by molar-refractivity contribution is -0.126. The van der Waals surface area contributed by atoms with Crippen molar-refractivity contribution < 1.29 is 48.1 Å². The van der Waals surface area contributed by atoms with Gasteiger partial charge in [0.1, 0.15) is 24.8 Å². The van der Waals surface area contributed by atoms with Gasteiger partial charge in [0.05, 0.1) is 29.3 Å². The van der Waals surface area contributed by atoms with Crippen molar-refractivity contribution in [2.75, 3.05) is 29.2 Å². The number of rotatable bonds is 21. The molecule has 402 valence electrons. The van der Waals surface area contributed by atoms with Crippen molar-refractivity contribution >= 4 is 52.8 Å². The summed E-state index contributed by atoms with van der Waals surface area (Å²) in [4.78, 5) is 82.3. The highest BCUT2D eigenvalue weighted by atomic mass is 16.5. The molecule has 0 bridgehead atoms. The van der Waals surface area contributed by atoms with Gasteiger partial charge in [0.15, 0.2) is 11.5 Å². The van der Waals surface area contributed by atoms with Crippen LogP contribution in [0.15, 0.2) is 213 Å². The maximum Gasteiger partial charge on any atom is 0.407 e. The molecule has 1 atom stereocenters. The van der Waals surface area contributed by atoms with Crippen molar-refractivity contribution in [3.05, 3.63) is 257 Å². The smallest absolute Gasteiger partial charge is 0.407 e. The maximum absolute atomic E-state index is 14.8. The minimum Gasteiger partial charge on any atom is -0.485 e. The first-order valence-corrected chi connectivity index (χ1v) is 25.9. The number of nitrogens with one attached hydrogen (secondary N) is 5. The quantitative estimate of drug-likeness (QED) is 0.0296. The van der Waals surface area contributed by atoms with Crippen LogP contribution < -0.4 is 36.1 Å². The molecule has 0 fully saturated rings. The molecule has 0 heterocycles. The number of alkyl carbamates (subject to hydrolysis) is 1. The Bertz CT molecular complexity index is 3410. The summed E-state index contributed by atoms with van der Waals surface area (Å²) >= 11 is 0. The molecule has 5 amide bonds. The van der Waals surface area contributed by atoms with E-state index in [0.717, 1.165) is 38.9 Å². The molecule has 9 rings (SSSR count). The van der Waals surface area contributed by atoms with E-state index in [0.29, 0.717) is 5.69 Å². The topological polar surface area (TPSA) is 210 Å². The molecule has 15 nitrogen and oxygen atoms in total. The Balaban J connectivity index is 0.958. The predicted molar refractivity (Wildman–Crippen MR) is 306 cm³/mol. The lowest BCUT2D eigenvalue weighted by atomic mass is 9.77. The minimum absolute atomic E-state index is 0.0186. The van der Waals surface area contributed by atoms with Crippen LogP contribution in [0.3, 0.4) is 0 Å². The Morgan fingerprint density at radius 2 is 1.10 bits per heavy atom. The number of hydrogen-bond donors (Lipinski definition) is 6. The molecule has 80 heavy (non-hydrogen) atoms. The number of anilines is 3. The summed E-state index contributed by atoms with van der Waals surface area (Å²) in [6.07, 6.45) is -0.370. The van der Waals surface area contributed by atoms with Gasteiger partial charge in [-0.25, -0.2) is 9.59 Å². The van der Waals surface area contributed by atoms with Crippen LogP contribution in [0.4, 0.5) is 21.9 Å². The summed E-state index contributed by atoms with van der Waals surface area (Å²) in [5, 5.41) is 23.7. The standard InChI is InChI=1S/C65H57N5O10/c1-4-38-78-58-53(61(73)66-47-34-30-43(31-35-47)63(75)76)36-37-55(59(58)80-41(2)3)68-60(72)42-28-32-48(33-29-42)67-62(74)56(69-64(77)79-40-54-51-26-16-14-24-49(51)50-25-15-17-27-52(50)54)39-57(71)70-65(44-18-8-5-9-19-44,45-20-10-6-11-21-45)46-22-12-7-13-23-46/h4-37,41,54,56H,1,38-40H2,2-3H3,(H,66,73)(H,67,74)(H,68,72)(H,69,77)(H,70,71)(H,75,76)/t56-/m0/s1. The van der Waals surface area contributed by atoms with Crippen LogP contribution in [-0.2, 0) is 19.9 Å². The Labute approximate surface area is 462 Å². The zero-order valence-corrected chi connectivity index (χ0v) is 43.8. The SMILES string of the molecule is C=CCOc1c(C(=O)Nc2ccc(C(=O)O)cc2)ccc(NC(=O)c2ccc(NC(=O)[C@H](CC(=O)NC(c3ccccc3)(c3ccccc3)c3ccccc3)NC(=O)OCC3c4ccccc4-c4ccccc43)cc2)c1OC(C)C. The number of ether oxygens (including phenoxy) is 3. The number of fused-ring (bicyclic) bond motifs is 3. The predicted octanol–water partition coefficient (Wildman–Crippen LogP) is 11.6. The molecular formula is C65H57N5O10. The van der Waals surface area contributed by atoms with Crippen molar-refractivity contribution in [2.45, 2.75) is 43.9 Å². The Morgan fingerprint density at radius 3 is 1.62 bits per heavy atom. The second-order valence-corrected chi connectivity index (χ2v) is 19.1. The average Bonchev–Trinajstić information content (AvgIpc) is 3.86. The Morgan fingerprint density at radius 1 is 0.588 bits per heavy atom. The fourth-order valence-corrected chi connectivity index (χ4v) is 9.72. The zero-order chi connectivity index (χ0) is 56.2. The number of carbonyl (C=O) groups excluding carboxylic acids is 5. The van der Waals surface area contributed by atoms with Crippen LogP contribution in [-0.4, -0.2) is 66.2 Å². The van der Waals surface area contributed by atoms with Crippen molar-refractivity contribution in [1.29, 1.82) is 0 Å². The summed E-state index contributed by atoms with van der Waals surface area (Å²) in [6.45, 7) is 7.21. The fourth-order valence-electron chi connectivity index (χ4n) is 9.72. The number of amides is 5. The molecule has 0 radical (unpaired) electrons. The second-order valence-electron chi connectivity index (χ2n) is 19.1. The molecule has 8 aromatic rings. The minimum atomic E-state index is -1.46. The number of carboxylic acids is 1. The molecule has 0 aliphatic heterocycles. The van der Waals surface area contributed by atoms with Gasteiger partial charge in [-0.2, -0.15) is 0 Å². The van der Waals surface area contributed by atoms with Crippen LogP contribution in [0, 0.1) is 0 Å². The number of carboxylic acid groups (broad SMARTS) is 1. The summed E-state index contributed by atoms with van der Waals surface area (Å²) in [7, 11) is 0. The first-order chi connectivity index (χ1) is 38.8. The normalized spacial score (nSPS) is 11.9. The van der Waals surface area contributed by atoms with E-state index < -0.39 is 59.8 Å². The Hall–Kier alpha value is -10.3. The fraction of sp³-hybridized carbons (Fsp3) is 0.138. The second kappa shape index (κ2) is 24.8. The molecule has 6 N–H and O–H groups in total. The highest BCUT2D eigenvalue weighted by Crippen LogP contribution is 2.45. The molecule has 1 aliphatic carbocycles. The number of hydrogen-bond acceptors (Lipinski definition) is 9. The highest BCUT2D eigenvalue weighted by molar-refractivity contribution is 6.10. The van der Waals surface area contributed by atoms with Gasteiger partial charge < -0.3 is 45.9 Å². The first kappa shape index (κ1) is 54.5. The average molecular weight is 1070 g/mol. The third kappa shape index (κ3) is 12.3. The molecule has 1 aliphatic rings. The van der Waals surface area contributed by atoms with Gasteiger partial charge in [-0.1, -0.05) is 152 Å². The molecule has 0 aromatic heterocycles. The molecular weight excluding hydrogens is 1010 g/mol. The van der Waals surface area contributed by atoms with Gasteiger partial charge in [0.25, 0.3) is 11.8 Å². The van der Waals surface area contributed by atoms with Crippen molar-refractivity contribution in [3.8, 4) is 22.6 Å². The van der Waals surface area contributed by atoms with E-state index in [9.17, 15) is 33.9 Å². The van der Waals surface area contributed by atoms with Crippen LogP contribution in [0.25, 0.3) is 11.1 Å². The highest BCUT2D eigenvalue weighted by Gasteiger charge is 2.39. The molecule has 0 unspecified atom stereocenters. The monoisotopic (exact) mass is 1070 g/mol. The van der Waals surface area contributed by atoms with Gasteiger partial charge in [-0.05, 0) is 113 Å². The van der Waals surface area contributed by atoms with Gasteiger partial charge in [0.2, 0.25) is 11.8 Å². The largest absolute Gasteiger partial charge is 0.485 e. The van der Waals surface area contributed by atoms with E-state index in [2.05, 4.69) is 33.2 Å². The molecule has 8 aromatic carbocycles. The molecule has 0 saturated carbocycles. The summed E-state index contributed by atoms with van der Waals surface area (Å²) in [6, 6.07) is 57.4. The summed E-state index contributed by atoms with van der Waals surface area (Å²) in [5.41, 5.74) is 6.18. The van der Waals surface area contributed by atoms with E-state index in [-0.39, 0.29) is 58.7 Å². The number of carbonyl (C=O) groups is 6. The summed E-state index contributed by atoms with van der Waals surface area (Å²) < 4.78 is 18.0. The van der Waals surface area contributed by atoms with Gasteiger partial charge >= 0.3 is 12.1 Å². The van der Waals surface area contributed by atoms with E-state index in [1.165, 1.54) is 66.7 Å². The molecule has 0 spiro atoms. The Kier molecular flexibility index (Phi) is 16.9. The van der Waals surface area contributed by atoms with E-state index in [1.807, 2.05) is 140 Å². The van der Waals surface area contributed by atoms with Crippen LogP contribution in [0.5, 0.6) is 11.5 Å². The lowest BCUT2D eigenvalue weighted by Crippen LogP contribution is -2.52. The van der Waals surface area contributed by atoms with Crippen molar-refractivity contribution in [1.82, 2.24) is 10.6 Å². The van der Waals surface area contributed by atoms with Crippen LogP contribution in [0.2, 0.25) is 0 Å². The third-order valence-corrected chi connectivity index (χ3v) is 13.4. The summed E-state index contributed by atoms with van der Waals surface area (Å²) in [5.74, 6) is -3.76. The van der Waals surface area contributed by atoms with Gasteiger partial charge in [0, 0.05) is 22.9 Å². The van der Waals surface area contributed by atoms with E-state index >= 15 is 0 Å². The van der Waals surface area contributed by atoms with Crippen molar-refractivity contribution in [3.63, 3.8) is 0 Å². The zero-order valence-electron chi connectivity index (χ0n) is 43.8. The lowest BCUT2D eigenvalue weighted by Gasteiger charge is -2.37. The first-order valence-electron chi connectivity index (χ1n) is 25.9. The number of benzene rings is 8. The van der Waals surface area contributed by atoms with E-state index in [1.54, 1.807) is 13.8 Å². The molecule has 0 saturated heterocycles. The van der Waals surface area contributed by atoms with E-state index in [4.69, 9.17) is 14.2 Å². The number of aromatic carboxylic acids is 1. The van der Waals surface area contributed by atoms with Crippen molar-refractivity contribution in [2.24, 2.45) is 0 Å². The third-order valence-electron chi connectivity index (χ3n) is 13.4. The van der Waals surface area contributed by atoms with Crippen LogP contribution in [0.1, 0.15) is 85.1 Å². The van der Waals surface area contributed by atoms with Gasteiger partial charge in [-0.3, -0.25) is 19.2 Å². The van der Waals surface area contributed by atoms with Crippen LogP contribution >= 0.6 is 0 Å². The van der Waals surface area contributed by atoms with Gasteiger partial charge in [-0.15, -0.1) is 0 Å². The maximum atomic E-state index is 14.8.